The molecule has 0 N–H and O–H groups in total. The summed E-state index contributed by atoms with van der Waals surface area (Å²) in [5, 5.41) is 0. The van der Waals surface area contributed by atoms with Gasteiger partial charge in [-0.25, -0.2) is 14.6 Å². The third-order valence-corrected chi connectivity index (χ3v) is 1.65. The highest BCUT2D eigenvalue weighted by atomic mass is 16.5. The third kappa shape index (κ3) is 3.05. The van der Waals surface area contributed by atoms with Gasteiger partial charge in [-0.3, -0.25) is 0 Å². The second-order valence-corrected chi connectivity index (χ2v) is 2.78. The molecule has 1 aromatic rings. The second-order valence-electron chi connectivity index (χ2n) is 2.78. The van der Waals surface area contributed by atoms with Crippen LogP contribution in [0.5, 0.6) is 0 Å². The maximum atomic E-state index is 11.4. The number of nitrogens with zero attached hydrogens (tertiary/aromatic N) is 1. The minimum absolute atomic E-state index is 0.00565. The number of hydrogen-bond acceptors (Lipinski definition) is 5. The minimum Gasteiger partial charge on any atom is -0.461 e. The second kappa shape index (κ2) is 5.85. The van der Waals surface area contributed by atoms with Gasteiger partial charge in [0, 0.05) is 0 Å². The molecule has 86 valence electrons. The number of rotatable bonds is 4. The van der Waals surface area contributed by atoms with E-state index in [1.54, 1.807) is 13.8 Å². The van der Waals surface area contributed by atoms with E-state index in [9.17, 15) is 9.59 Å². The molecule has 0 radical (unpaired) electrons. The molecule has 0 bridgehead atoms. The normalized spacial score (nSPS) is 10.5. The standard InChI is InChI=1S/C11H13NO4/c1-3-15-10(13)8-6-5-7-9(12-8)11(14)16-4-2/h5-7H,3-4H2,1-2H3/i5D. The molecule has 1 aromatic heterocycles. The van der Waals surface area contributed by atoms with E-state index in [1.807, 2.05) is 0 Å². The Bertz CT molecular complexity index is 397. The predicted octanol–water partition coefficient (Wildman–Crippen LogP) is 1.44. The maximum Gasteiger partial charge on any atom is 0.356 e. The Morgan fingerprint density at radius 2 is 1.62 bits per heavy atom. The van der Waals surface area contributed by atoms with Gasteiger partial charge in [-0.2, -0.15) is 0 Å². The molecule has 0 fully saturated rings. The lowest BCUT2D eigenvalue weighted by Gasteiger charge is -2.03. The Hall–Kier alpha value is -1.91. The lowest BCUT2D eigenvalue weighted by Crippen LogP contribution is -2.12. The van der Waals surface area contributed by atoms with E-state index in [0.29, 0.717) is 0 Å². The van der Waals surface area contributed by atoms with Gasteiger partial charge < -0.3 is 9.47 Å². The summed E-state index contributed by atoms with van der Waals surface area (Å²) >= 11 is 0. The fourth-order valence-electron chi connectivity index (χ4n) is 1.01. The number of ether oxygens (including phenoxy) is 2. The third-order valence-electron chi connectivity index (χ3n) is 1.65. The molecule has 0 saturated carbocycles. The molecule has 1 heterocycles. The van der Waals surface area contributed by atoms with Crippen molar-refractivity contribution in [2.24, 2.45) is 0 Å². The van der Waals surface area contributed by atoms with Crippen molar-refractivity contribution in [3.05, 3.63) is 29.6 Å². The Kier molecular flexibility index (Phi) is 3.87. The summed E-state index contributed by atoms with van der Waals surface area (Å²) in [6.07, 6.45) is 0. The van der Waals surface area contributed by atoms with Crippen molar-refractivity contribution in [2.75, 3.05) is 13.2 Å². The highest BCUT2D eigenvalue weighted by molar-refractivity contribution is 5.91. The van der Waals surface area contributed by atoms with Crippen LogP contribution in [0.4, 0.5) is 0 Å². The molecule has 5 nitrogen and oxygen atoms in total. The van der Waals surface area contributed by atoms with E-state index in [2.05, 4.69) is 4.98 Å². The molecular weight excluding hydrogens is 210 g/mol. The number of carbonyl (C=O) groups excluding carboxylic acids is 2. The summed E-state index contributed by atoms with van der Waals surface area (Å²) in [4.78, 5) is 26.6. The van der Waals surface area contributed by atoms with Gasteiger partial charge in [-0.15, -0.1) is 0 Å². The molecule has 0 unspecified atom stereocenters. The minimum atomic E-state index is -0.660. The number of aromatic nitrogens is 1. The van der Waals surface area contributed by atoms with Crippen molar-refractivity contribution in [3.63, 3.8) is 0 Å². The largest absolute Gasteiger partial charge is 0.461 e. The fraction of sp³-hybridized carbons (Fsp3) is 0.364. The first kappa shape index (κ1) is 10.6. The molecule has 0 aliphatic carbocycles. The smallest absolute Gasteiger partial charge is 0.356 e. The number of carbonyl (C=O) groups is 2. The molecule has 0 saturated heterocycles. The topological polar surface area (TPSA) is 65.5 Å². The van der Waals surface area contributed by atoms with Crippen LogP contribution in [0.2, 0.25) is 0 Å². The molecule has 16 heavy (non-hydrogen) atoms. The SMILES string of the molecule is [2H]c1cc(C(=O)OCC)nc(C(=O)OCC)c1. The maximum absolute atomic E-state index is 11.4. The molecule has 0 atom stereocenters. The first-order valence-electron chi connectivity index (χ1n) is 5.41. The summed E-state index contributed by atoms with van der Waals surface area (Å²) < 4.78 is 17.0. The van der Waals surface area contributed by atoms with Crippen LogP contribution in [0.3, 0.4) is 0 Å². The zero-order chi connectivity index (χ0) is 12.8. The van der Waals surface area contributed by atoms with Gasteiger partial charge >= 0.3 is 11.9 Å². The van der Waals surface area contributed by atoms with Crippen molar-refractivity contribution in [1.29, 1.82) is 0 Å². The van der Waals surface area contributed by atoms with E-state index >= 15 is 0 Å². The molecule has 0 spiro atoms. The summed E-state index contributed by atoms with van der Waals surface area (Å²) in [5.74, 6) is -1.32. The Labute approximate surface area is 94.8 Å². The van der Waals surface area contributed by atoms with Crippen LogP contribution in [-0.2, 0) is 9.47 Å². The van der Waals surface area contributed by atoms with Crippen LogP contribution in [-0.4, -0.2) is 30.1 Å². The van der Waals surface area contributed by atoms with Crippen molar-refractivity contribution in [2.45, 2.75) is 13.8 Å². The van der Waals surface area contributed by atoms with Crippen LogP contribution in [0.1, 0.15) is 36.2 Å². The highest BCUT2D eigenvalue weighted by Crippen LogP contribution is 2.03. The van der Waals surface area contributed by atoms with Gasteiger partial charge in [-0.05, 0) is 26.0 Å². The van der Waals surface area contributed by atoms with Crippen LogP contribution in [0.15, 0.2) is 18.2 Å². The van der Waals surface area contributed by atoms with E-state index in [4.69, 9.17) is 10.8 Å². The lowest BCUT2D eigenvalue weighted by atomic mass is 10.3. The summed E-state index contributed by atoms with van der Waals surface area (Å²) in [6, 6.07) is 2.48. The van der Waals surface area contributed by atoms with Crippen molar-refractivity contribution in [1.82, 2.24) is 4.98 Å². The molecular formula is C11H13NO4. The Morgan fingerprint density at radius 1 is 1.19 bits per heavy atom. The van der Waals surface area contributed by atoms with E-state index in [0.717, 1.165) is 0 Å². The van der Waals surface area contributed by atoms with Crippen molar-refractivity contribution >= 4 is 11.9 Å². The molecule has 0 aliphatic rings. The van der Waals surface area contributed by atoms with E-state index in [-0.39, 0.29) is 30.6 Å². The molecule has 0 amide bonds. The molecule has 1 rings (SSSR count). The van der Waals surface area contributed by atoms with Crippen LogP contribution in [0.25, 0.3) is 0 Å². The van der Waals surface area contributed by atoms with Gasteiger partial charge in [0.15, 0.2) is 0 Å². The number of hydrogen-bond donors (Lipinski definition) is 0. The summed E-state index contributed by atoms with van der Waals surface area (Å²) in [6.45, 7) is 3.73. The van der Waals surface area contributed by atoms with Crippen molar-refractivity contribution in [3.8, 4) is 0 Å². The first-order chi connectivity index (χ1) is 8.08. The lowest BCUT2D eigenvalue weighted by molar-refractivity contribution is 0.0511. The van der Waals surface area contributed by atoms with E-state index < -0.39 is 11.9 Å². The zero-order valence-electron chi connectivity index (χ0n) is 10.1. The van der Waals surface area contributed by atoms with Gasteiger partial charge in [-0.1, -0.05) is 6.04 Å². The number of esters is 2. The van der Waals surface area contributed by atoms with Crippen LogP contribution < -0.4 is 0 Å². The predicted molar refractivity (Wildman–Crippen MR) is 56.2 cm³/mol. The zero-order valence-corrected chi connectivity index (χ0v) is 9.15. The van der Waals surface area contributed by atoms with Gasteiger partial charge in [0.05, 0.1) is 14.6 Å². The monoisotopic (exact) mass is 224 g/mol. The Balaban J connectivity index is 3.01. The average Bonchev–Trinajstić information content (AvgIpc) is 2.29. The molecule has 5 heteroatoms. The first-order valence-corrected chi connectivity index (χ1v) is 4.91. The van der Waals surface area contributed by atoms with Crippen molar-refractivity contribution < 1.29 is 20.4 Å². The fourth-order valence-corrected chi connectivity index (χ4v) is 1.01. The molecule has 0 aromatic carbocycles. The Morgan fingerprint density at radius 3 is 2.00 bits per heavy atom. The van der Waals surface area contributed by atoms with Gasteiger partial charge in [0.25, 0.3) is 0 Å². The van der Waals surface area contributed by atoms with Crippen LogP contribution >= 0.6 is 0 Å². The van der Waals surface area contributed by atoms with E-state index in [1.165, 1.54) is 12.1 Å². The number of pyridine rings is 1. The van der Waals surface area contributed by atoms with Gasteiger partial charge in [0.2, 0.25) is 0 Å². The quantitative estimate of drug-likeness (QED) is 0.724. The van der Waals surface area contributed by atoms with Crippen LogP contribution in [0, 0.1) is 0 Å². The summed E-state index contributed by atoms with van der Waals surface area (Å²) in [7, 11) is 0. The van der Waals surface area contributed by atoms with Gasteiger partial charge in [0.1, 0.15) is 11.4 Å². The molecule has 0 aliphatic heterocycles. The average molecular weight is 224 g/mol. The highest BCUT2D eigenvalue weighted by Gasteiger charge is 2.13. The summed E-state index contributed by atoms with van der Waals surface area (Å²) in [5.41, 5.74) is -0.134.